The van der Waals surface area contributed by atoms with Gasteiger partial charge in [0, 0.05) is 12.5 Å². The topological polar surface area (TPSA) is 46.3 Å². The number of amides is 1. The summed E-state index contributed by atoms with van der Waals surface area (Å²) in [6, 6.07) is 0. The minimum atomic E-state index is -0.0792. The number of carbonyl (C=O) groups excluding carboxylic acids is 1. The Kier molecular flexibility index (Phi) is 34.0. The van der Waals surface area contributed by atoms with Gasteiger partial charge in [-0.05, 0) is 97.1 Å². The Labute approximate surface area is 282 Å². The average molecular weight is 627 g/mol. The van der Waals surface area contributed by atoms with E-state index < -0.39 is 0 Å². The fourth-order valence-electron chi connectivity index (χ4n) is 6.25. The highest BCUT2D eigenvalue weighted by atomic mass is 16.1. The zero-order chi connectivity index (χ0) is 33.1. The predicted octanol–water partition coefficient (Wildman–Crippen LogP) is 12.7. The first kappa shape index (κ1) is 43.4. The van der Waals surface area contributed by atoms with E-state index in [4.69, 9.17) is 5.73 Å². The summed E-state index contributed by atoms with van der Waals surface area (Å²) >= 11 is 0. The zero-order valence-electron chi connectivity index (χ0n) is 30.8. The number of primary amides is 1. The van der Waals surface area contributed by atoms with E-state index in [9.17, 15) is 4.79 Å². The summed E-state index contributed by atoms with van der Waals surface area (Å²) in [5.74, 6) is 0.335. The lowest BCUT2D eigenvalue weighted by Gasteiger charge is -2.27. The fourth-order valence-corrected chi connectivity index (χ4v) is 6.25. The van der Waals surface area contributed by atoms with Crippen molar-refractivity contribution in [1.29, 1.82) is 0 Å². The Hall–Kier alpha value is -1.61. The van der Waals surface area contributed by atoms with Gasteiger partial charge in [-0.25, -0.2) is 0 Å². The summed E-state index contributed by atoms with van der Waals surface area (Å²) in [5, 5.41) is 0. The molecule has 3 heteroatoms. The maximum absolute atomic E-state index is 12.5. The van der Waals surface area contributed by atoms with Crippen LogP contribution in [0, 0.1) is 11.8 Å². The zero-order valence-corrected chi connectivity index (χ0v) is 30.8. The normalized spacial score (nSPS) is 13.8. The first-order chi connectivity index (χ1) is 22.0. The van der Waals surface area contributed by atoms with E-state index in [0.29, 0.717) is 5.92 Å². The Balaban J connectivity index is 4.00. The van der Waals surface area contributed by atoms with Gasteiger partial charge in [-0.3, -0.25) is 4.79 Å². The van der Waals surface area contributed by atoms with Gasteiger partial charge in [0.25, 0.3) is 0 Å². The van der Waals surface area contributed by atoms with Crippen LogP contribution in [0.2, 0.25) is 0 Å². The molecular formula is C42H78N2O. The van der Waals surface area contributed by atoms with Gasteiger partial charge in [0.1, 0.15) is 0 Å². The minimum absolute atomic E-state index is 0.0243. The number of unbranched alkanes of at least 4 members (excludes halogenated alkanes) is 18. The highest BCUT2D eigenvalue weighted by molar-refractivity contribution is 5.77. The predicted molar refractivity (Wildman–Crippen MR) is 203 cm³/mol. The molecule has 262 valence electrons. The lowest BCUT2D eigenvalue weighted by molar-refractivity contribution is -0.124. The Morgan fingerprint density at radius 3 is 1.24 bits per heavy atom. The number of hydrogen-bond donors (Lipinski definition) is 1. The standard InChI is InChI=1S/C42H78N2O/c1-5-7-9-11-13-15-17-19-21-23-25-27-29-31-33-35-37-40(39-44(3)4)41(42(43)45)38-36-34-32-30-28-26-24-22-20-18-16-14-12-10-8-6-2/h13-16,19-22,40-41H,5-12,17-18,23-39H2,1-4H3,(H2,43,45). The lowest BCUT2D eigenvalue weighted by Crippen LogP contribution is -2.35. The number of carbonyl (C=O) groups is 1. The third-order valence-electron chi connectivity index (χ3n) is 9.03. The quantitative estimate of drug-likeness (QED) is 0.0570. The van der Waals surface area contributed by atoms with Crippen molar-refractivity contribution >= 4 is 5.91 Å². The SMILES string of the molecule is CCCCCC=CCC=CCCCCCCCCC(CN(C)C)C(CCCCCCCCC=CCC=CCCCCC)C(N)=O. The molecule has 0 radical (unpaired) electrons. The van der Waals surface area contributed by atoms with Crippen molar-refractivity contribution in [3.63, 3.8) is 0 Å². The maximum atomic E-state index is 12.5. The molecule has 0 aromatic heterocycles. The van der Waals surface area contributed by atoms with Crippen molar-refractivity contribution in [1.82, 2.24) is 4.90 Å². The maximum Gasteiger partial charge on any atom is 0.220 e. The molecule has 3 nitrogen and oxygen atoms in total. The molecule has 0 bridgehead atoms. The molecule has 0 rings (SSSR count). The van der Waals surface area contributed by atoms with Gasteiger partial charge < -0.3 is 10.6 Å². The second-order valence-electron chi connectivity index (χ2n) is 13.8. The van der Waals surface area contributed by atoms with Gasteiger partial charge in [-0.2, -0.15) is 0 Å². The van der Waals surface area contributed by atoms with Crippen molar-refractivity contribution < 1.29 is 4.79 Å². The summed E-state index contributed by atoms with van der Waals surface area (Å²) in [7, 11) is 4.26. The van der Waals surface area contributed by atoms with Crippen LogP contribution in [-0.2, 0) is 4.79 Å². The van der Waals surface area contributed by atoms with E-state index in [1.165, 1.54) is 135 Å². The molecule has 0 aliphatic heterocycles. The van der Waals surface area contributed by atoms with Crippen LogP contribution in [0.15, 0.2) is 48.6 Å². The summed E-state index contributed by atoms with van der Waals surface area (Å²) in [4.78, 5) is 14.7. The second-order valence-corrected chi connectivity index (χ2v) is 13.8. The largest absolute Gasteiger partial charge is 0.369 e. The molecule has 0 aromatic carbocycles. The van der Waals surface area contributed by atoms with Crippen LogP contribution in [0.1, 0.15) is 181 Å². The first-order valence-corrected chi connectivity index (χ1v) is 19.6. The van der Waals surface area contributed by atoms with Crippen molar-refractivity contribution in [2.75, 3.05) is 20.6 Å². The van der Waals surface area contributed by atoms with Crippen molar-refractivity contribution in [3.8, 4) is 0 Å². The van der Waals surface area contributed by atoms with Gasteiger partial charge in [-0.1, -0.05) is 152 Å². The molecule has 0 aromatic rings. The van der Waals surface area contributed by atoms with Crippen LogP contribution in [0.4, 0.5) is 0 Å². The second kappa shape index (κ2) is 35.2. The van der Waals surface area contributed by atoms with E-state index in [-0.39, 0.29) is 11.8 Å². The van der Waals surface area contributed by atoms with Gasteiger partial charge in [0.2, 0.25) is 5.91 Å². The summed E-state index contributed by atoms with van der Waals surface area (Å²) in [5.41, 5.74) is 5.96. The molecule has 1 amide bonds. The number of rotatable bonds is 34. The van der Waals surface area contributed by atoms with Crippen LogP contribution >= 0.6 is 0 Å². The van der Waals surface area contributed by atoms with E-state index >= 15 is 0 Å². The van der Waals surface area contributed by atoms with Gasteiger partial charge >= 0.3 is 0 Å². The van der Waals surface area contributed by atoms with E-state index in [2.05, 4.69) is 81.5 Å². The van der Waals surface area contributed by atoms with E-state index in [1.807, 2.05) is 0 Å². The lowest BCUT2D eigenvalue weighted by atomic mass is 9.83. The summed E-state index contributed by atoms with van der Waals surface area (Å²) in [6.45, 7) is 5.49. The number of nitrogens with two attached hydrogens (primary N) is 1. The number of nitrogens with zero attached hydrogens (tertiary/aromatic N) is 1. The minimum Gasteiger partial charge on any atom is -0.369 e. The first-order valence-electron chi connectivity index (χ1n) is 19.6. The van der Waals surface area contributed by atoms with Crippen LogP contribution in [0.3, 0.4) is 0 Å². The summed E-state index contributed by atoms with van der Waals surface area (Å²) < 4.78 is 0. The van der Waals surface area contributed by atoms with Crippen LogP contribution in [0.5, 0.6) is 0 Å². The molecule has 0 saturated heterocycles. The van der Waals surface area contributed by atoms with Crippen molar-refractivity contribution in [3.05, 3.63) is 48.6 Å². The van der Waals surface area contributed by atoms with E-state index in [1.54, 1.807) is 0 Å². The molecule has 0 heterocycles. The van der Waals surface area contributed by atoms with Gasteiger partial charge in [0.05, 0.1) is 0 Å². The van der Waals surface area contributed by atoms with Gasteiger partial charge in [-0.15, -0.1) is 0 Å². The van der Waals surface area contributed by atoms with Crippen LogP contribution in [0.25, 0.3) is 0 Å². The molecule has 0 spiro atoms. The smallest absolute Gasteiger partial charge is 0.220 e. The van der Waals surface area contributed by atoms with Gasteiger partial charge in [0.15, 0.2) is 0 Å². The van der Waals surface area contributed by atoms with Crippen LogP contribution in [-0.4, -0.2) is 31.4 Å². The molecule has 0 aliphatic rings. The van der Waals surface area contributed by atoms with E-state index in [0.717, 1.165) is 38.6 Å². The van der Waals surface area contributed by atoms with Crippen molar-refractivity contribution in [2.45, 2.75) is 181 Å². The Bertz CT molecular complexity index is 735. The Morgan fingerprint density at radius 1 is 0.511 bits per heavy atom. The third-order valence-corrected chi connectivity index (χ3v) is 9.03. The molecule has 0 aliphatic carbocycles. The molecule has 45 heavy (non-hydrogen) atoms. The van der Waals surface area contributed by atoms with Crippen LogP contribution < -0.4 is 5.73 Å². The number of hydrogen-bond acceptors (Lipinski definition) is 2. The average Bonchev–Trinajstić information content (AvgIpc) is 3.01. The molecule has 0 fully saturated rings. The molecule has 2 N–H and O–H groups in total. The molecule has 2 unspecified atom stereocenters. The molecule has 0 saturated carbocycles. The van der Waals surface area contributed by atoms with Crippen molar-refractivity contribution in [2.24, 2.45) is 17.6 Å². The molecule has 2 atom stereocenters. The highest BCUT2D eigenvalue weighted by Gasteiger charge is 2.26. The number of allylic oxidation sites excluding steroid dienone is 8. The molecular weight excluding hydrogens is 548 g/mol. The monoisotopic (exact) mass is 627 g/mol. The highest BCUT2D eigenvalue weighted by Crippen LogP contribution is 2.26. The summed E-state index contributed by atoms with van der Waals surface area (Å²) in [6.07, 6.45) is 51.1. The Morgan fingerprint density at radius 2 is 0.867 bits per heavy atom. The fraction of sp³-hybridized carbons (Fsp3) is 0.786. The third kappa shape index (κ3) is 32.1.